The first-order chi connectivity index (χ1) is 14.6. The number of amides is 2. The van der Waals surface area contributed by atoms with Crippen LogP contribution in [0.3, 0.4) is 0 Å². The van der Waals surface area contributed by atoms with Crippen molar-refractivity contribution in [2.24, 2.45) is 0 Å². The minimum atomic E-state index is -0.784. The van der Waals surface area contributed by atoms with E-state index in [9.17, 15) is 9.59 Å². The molecule has 0 unspecified atom stereocenters. The van der Waals surface area contributed by atoms with Crippen molar-refractivity contribution in [3.05, 3.63) is 60.3 Å². The van der Waals surface area contributed by atoms with E-state index in [1.54, 1.807) is 43.2 Å². The summed E-state index contributed by atoms with van der Waals surface area (Å²) in [6.45, 7) is 0.254. The van der Waals surface area contributed by atoms with E-state index in [2.05, 4.69) is 15.7 Å². The van der Waals surface area contributed by atoms with E-state index < -0.39 is 6.04 Å². The van der Waals surface area contributed by atoms with Gasteiger partial charge in [0.25, 0.3) is 0 Å². The molecule has 1 aromatic heterocycles. The summed E-state index contributed by atoms with van der Waals surface area (Å²) < 4.78 is 12.1. The monoisotopic (exact) mass is 406 g/mol. The predicted octanol–water partition coefficient (Wildman–Crippen LogP) is 3.23. The summed E-state index contributed by atoms with van der Waals surface area (Å²) in [5.41, 5.74) is 2.88. The van der Waals surface area contributed by atoms with Crippen LogP contribution in [0.15, 0.2) is 54.6 Å². The first kappa shape index (κ1) is 19.7. The van der Waals surface area contributed by atoms with Gasteiger partial charge >= 0.3 is 0 Å². The smallest absolute Gasteiger partial charge is 0.249 e. The van der Waals surface area contributed by atoms with Crippen molar-refractivity contribution in [2.75, 3.05) is 24.9 Å². The van der Waals surface area contributed by atoms with Gasteiger partial charge < -0.3 is 20.1 Å². The summed E-state index contributed by atoms with van der Waals surface area (Å²) in [4.78, 5) is 25.5. The third kappa shape index (κ3) is 3.77. The van der Waals surface area contributed by atoms with Crippen LogP contribution in [0.2, 0.25) is 0 Å². The fraction of sp³-hybridized carbons (Fsp3) is 0.227. The van der Waals surface area contributed by atoms with Gasteiger partial charge in [-0.05, 0) is 17.7 Å². The molecule has 0 bridgehead atoms. The fourth-order valence-electron chi connectivity index (χ4n) is 3.55. The Bertz CT molecular complexity index is 1080. The van der Waals surface area contributed by atoms with Crippen LogP contribution >= 0.6 is 0 Å². The summed E-state index contributed by atoms with van der Waals surface area (Å²) in [6, 6.07) is 15.9. The maximum absolute atomic E-state index is 13.1. The van der Waals surface area contributed by atoms with Crippen molar-refractivity contribution in [3.8, 4) is 16.9 Å². The molecule has 1 aliphatic heterocycles. The molecule has 0 spiro atoms. The second kappa shape index (κ2) is 8.38. The average Bonchev–Trinajstić information content (AvgIpc) is 3.11. The van der Waals surface area contributed by atoms with Gasteiger partial charge in [-0.15, -0.1) is 0 Å². The van der Waals surface area contributed by atoms with Gasteiger partial charge in [-0.2, -0.15) is 5.10 Å². The predicted molar refractivity (Wildman–Crippen MR) is 112 cm³/mol. The average molecular weight is 406 g/mol. The molecule has 8 heteroatoms. The number of anilines is 2. The van der Waals surface area contributed by atoms with Gasteiger partial charge in [0.05, 0.1) is 25.8 Å². The van der Waals surface area contributed by atoms with E-state index in [0.29, 0.717) is 22.9 Å². The lowest BCUT2D eigenvalue weighted by Gasteiger charge is -2.24. The number of carbonyl (C=O) groups is 2. The molecule has 2 aromatic carbocycles. The Morgan fingerprint density at radius 3 is 2.73 bits per heavy atom. The molecule has 154 valence electrons. The van der Waals surface area contributed by atoms with E-state index in [0.717, 1.165) is 11.1 Å². The minimum Gasteiger partial charge on any atom is -0.497 e. The van der Waals surface area contributed by atoms with Crippen molar-refractivity contribution in [1.82, 2.24) is 9.78 Å². The lowest BCUT2D eigenvalue weighted by molar-refractivity contribution is -0.125. The molecule has 1 atom stereocenters. The Morgan fingerprint density at radius 1 is 1.20 bits per heavy atom. The molecule has 0 aliphatic carbocycles. The summed E-state index contributed by atoms with van der Waals surface area (Å²) >= 11 is 0. The number of nitrogens with one attached hydrogen (secondary N) is 2. The Hall–Kier alpha value is -3.65. The quantitative estimate of drug-likeness (QED) is 0.655. The van der Waals surface area contributed by atoms with Crippen molar-refractivity contribution < 1.29 is 19.1 Å². The van der Waals surface area contributed by atoms with E-state index in [4.69, 9.17) is 9.47 Å². The molecule has 4 rings (SSSR count). The van der Waals surface area contributed by atoms with Crippen LogP contribution in [-0.4, -0.2) is 35.8 Å². The highest BCUT2D eigenvalue weighted by Crippen LogP contribution is 2.37. The Morgan fingerprint density at radius 2 is 2.00 bits per heavy atom. The number of nitrogens with zero attached hydrogens (tertiary/aromatic N) is 2. The molecule has 1 aliphatic rings. The molecular weight excluding hydrogens is 384 g/mol. The topological polar surface area (TPSA) is 94.5 Å². The van der Waals surface area contributed by atoms with Crippen LogP contribution in [0.25, 0.3) is 11.1 Å². The van der Waals surface area contributed by atoms with Crippen molar-refractivity contribution in [2.45, 2.75) is 19.1 Å². The summed E-state index contributed by atoms with van der Waals surface area (Å²) in [7, 11) is 3.14. The van der Waals surface area contributed by atoms with E-state index in [1.807, 2.05) is 30.3 Å². The summed E-state index contributed by atoms with van der Waals surface area (Å²) in [5.74, 6) is 0.553. The zero-order valence-corrected chi connectivity index (χ0v) is 16.7. The van der Waals surface area contributed by atoms with Crippen molar-refractivity contribution in [3.63, 3.8) is 0 Å². The first-order valence-electron chi connectivity index (χ1n) is 9.51. The molecular formula is C22H22N4O4. The van der Waals surface area contributed by atoms with E-state index >= 15 is 0 Å². The standard InChI is InChI=1S/C22H22N4O4/c1-29-13-17-20(14-7-4-3-5-8-14)21-24-19(27)12-18(26(21)25-17)22(28)23-15-9-6-10-16(11-15)30-2/h3-11,18H,12-13H2,1-2H3,(H,23,28)(H,24,27)/t18-/m0/s1. The van der Waals surface area contributed by atoms with Crippen LogP contribution in [0.1, 0.15) is 18.2 Å². The summed E-state index contributed by atoms with van der Waals surface area (Å²) in [5, 5.41) is 10.4. The number of hydrogen-bond acceptors (Lipinski definition) is 5. The molecule has 2 heterocycles. The zero-order valence-electron chi connectivity index (χ0n) is 16.7. The molecule has 0 radical (unpaired) electrons. The van der Waals surface area contributed by atoms with Crippen LogP contribution < -0.4 is 15.4 Å². The molecule has 30 heavy (non-hydrogen) atoms. The molecule has 0 fully saturated rings. The second-order valence-electron chi connectivity index (χ2n) is 6.90. The highest BCUT2D eigenvalue weighted by molar-refractivity contribution is 6.03. The highest BCUT2D eigenvalue weighted by atomic mass is 16.5. The maximum Gasteiger partial charge on any atom is 0.249 e. The molecule has 0 saturated carbocycles. The van der Waals surface area contributed by atoms with Crippen LogP contribution in [-0.2, 0) is 20.9 Å². The first-order valence-corrected chi connectivity index (χ1v) is 9.51. The number of hydrogen-bond donors (Lipinski definition) is 2. The number of aromatic nitrogens is 2. The fourth-order valence-corrected chi connectivity index (χ4v) is 3.55. The number of methoxy groups -OCH3 is 2. The number of ether oxygens (including phenoxy) is 2. The second-order valence-corrected chi connectivity index (χ2v) is 6.90. The molecule has 3 aromatic rings. The number of fused-ring (bicyclic) bond motifs is 1. The van der Waals surface area contributed by atoms with Crippen LogP contribution in [0, 0.1) is 0 Å². The van der Waals surface area contributed by atoms with Gasteiger partial charge in [0.2, 0.25) is 11.8 Å². The van der Waals surface area contributed by atoms with Crippen molar-refractivity contribution in [1.29, 1.82) is 0 Å². The Kier molecular flexibility index (Phi) is 5.49. The van der Waals surface area contributed by atoms with Gasteiger partial charge in [0, 0.05) is 24.4 Å². The largest absolute Gasteiger partial charge is 0.497 e. The number of benzene rings is 2. The maximum atomic E-state index is 13.1. The number of rotatable bonds is 6. The van der Waals surface area contributed by atoms with Gasteiger partial charge in [-0.3, -0.25) is 9.59 Å². The highest BCUT2D eigenvalue weighted by Gasteiger charge is 2.35. The minimum absolute atomic E-state index is 0.00880. The molecule has 0 saturated heterocycles. The van der Waals surface area contributed by atoms with Gasteiger partial charge in [0.1, 0.15) is 17.6 Å². The SMILES string of the molecule is COCc1nn2c(c1-c1ccccc1)NC(=O)C[C@H]2C(=O)Nc1cccc(OC)c1. The van der Waals surface area contributed by atoms with Crippen LogP contribution in [0.4, 0.5) is 11.5 Å². The molecule has 2 amide bonds. The normalized spacial score (nSPS) is 15.3. The lowest BCUT2D eigenvalue weighted by Crippen LogP contribution is -2.35. The summed E-state index contributed by atoms with van der Waals surface area (Å²) in [6.07, 6.45) is -0.00880. The third-order valence-corrected chi connectivity index (χ3v) is 4.90. The Labute approximate surface area is 173 Å². The Balaban J connectivity index is 1.72. The molecule has 2 N–H and O–H groups in total. The third-order valence-electron chi connectivity index (χ3n) is 4.90. The van der Waals surface area contributed by atoms with Gasteiger partial charge in [0.15, 0.2) is 0 Å². The van der Waals surface area contributed by atoms with Gasteiger partial charge in [-0.25, -0.2) is 4.68 Å². The van der Waals surface area contributed by atoms with Crippen molar-refractivity contribution >= 4 is 23.3 Å². The van der Waals surface area contributed by atoms with E-state index in [-0.39, 0.29) is 24.8 Å². The van der Waals surface area contributed by atoms with Crippen LogP contribution in [0.5, 0.6) is 5.75 Å². The molecule has 8 nitrogen and oxygen atoms in total. The van der Waals surface area contributed by atoms with Gasteiger partial charge in [-0.1, -0.05) is 36.4 Å². The lowest BCUT2D eigenvalue weighted by atomic mass is 10.0. The van der Waals surface area contributed by atoms with E-state index in [1.165, 1.54) is 0 Å². The number of carbonyl (C=O) groups excluding carboxylic acids is 2. The zero-order chi connectivity index (χ0) is 21.1.